The van der Waals surface area contributed by atoms with Crippen LogP contribution in [0.25, 0.3) is 0 Å². The molecule has 0 bridgehead atoms. The molecule has 1 unspecified atom stereocenters. The van der Waals surface area contributed by atoms with Crippen LogP contribution in [0.5, 0.6) is 0 Å². The number of carboxylic acids is 1. The second-order valence-electron chi connectivity index (χ2n) is 5.75. The summed E-state index contributed by atoms with van der Waals surface area (Å²) in [7, 11) is 0. The zero-order valence-electron chi connectivity index (χ0n) is 12.6. The molecule has 0 amide bonds. The van der Waals surface area contributed by atoms with Gasteiger partial charge in [0, 0.05) is 12.1 Å². The van der Waals surface area contributed by atoms with Crippen LogP contribution in [-0.2, 0) is 11.2 Å². The third kappa shape index (κ3) is 4.00. The van der Waals surface area contributed by atoms with E-state index in [1.807, 2.05) is 19.9 Å². The number of hydrogen-bond acceptors (Lipinski definition) is 6. The van der Waals surface area contributed by atoms with Crippen LogP contribution >= 0.6 is 0 Å². The molecule has 8 heteroatoms. The highest BCUT2D eigenvalue weighted by atomic mass is 16.4. The highest BCUT2D eigenvalue weighted by molar-refractivity contribution is 5.71. The van der Waals surface area contributed by atoms with Crippen LogP contribution < -0.4 is 5.73 Å². The van der Waals surface area contributed by atoms with E-state index in [1.54, 1.807) is 12.3 Å². The third-order valence-electron chi connectivity index (χ3n) is 3.52. The van der Waals surface area contributed by atoms with Crippen LogP contribution in [-0.4, -0.2) is 36.7 Å². The zero-order chi connectivity index (χ0) is 16.1. The first-order chi connectivity index (χ1) is 10.5. The number of rotatable bonds is 7. The lowest BCUT2D eigenvalue weighted by atomic mass is 9.81. The molecule has 0 aliphatic carbocycles. The minimum Gasteiger partial charge on any atom is -0.481 e. The molecule has 0 saturated carbocycles. The van der Waals surface area contributed by atoms with E-state index in [9.17, 15) is 9.90 Å². The molecule has 2 aromatic heterocycles. The van der Waals surface area contributed by atoms with E-state index in [1.165, 1.54) is 0 Å². The minimum absolute atomic E-state index is 0.250. The predicted octanol–water partition coefficient (Wildman–Crippen LogP) is 1.25. The molecule has 4 N–H and O–H groups in total. The Balaban J connectivity index is 2.29. The van der Waals surface area contributed by atoms with Gasteiger partial charge in [-0.25, -0.2) is 4.98 Å². The van der Waals surface area contributed by atoms with Gasteiger partial charge >= 0.3 is 5.97 Å². The largest absolute Gasteiger partial charge is 0.481 e. The number of carboxylic acid groups (broad SMARTS) is 1. The first kappa shape index (κ1) is 15.9. The second kappa shape index (κ2) is 6.97. The molecule has 2 heterocycles. The molecule has 2 atom stereocenters. The molecule has 0 spiro atoms. The quantitative estimate of drug-likeness (QED) is 0.701. The normalized spacial score (nSPS) is 14.0. The van der Waals surface area contributed by atoms with Crippen molar-refractivity contribution >= 4 is 11.8 Å². The Hall–Kier alpha value is -2.51. The number of carbonyl (C=O) groups is 1. The van der Waals surface area contributed by atoms with Crippen molar-refractivity contribution in [2.75, 3.05) is 5.73 Å². The summed E-state index contributed by atoms with van der Waals surface area (Å²) in [4.78, 5) is 15.7. The van der Waals surface area contributed by atoms with Gasteiger partial charge < -0.3 is 10.8 Å². The summed E-state index contributed by atoms with van der Waals surface area (Å²) in [6, 6.07) is 3.53. The number of anilines is 1. The van der Waals surface area contributed by atoms with Gasteiger partial charge in [0.05, 0.1) is 5.92 Å². The van der Waals surface area contributed by atoms with Crippen LogP contribution in [0.3, 0.4) is 0 Å². The average molecular weight is 304 g/mol. The fourth-order valence-electron chi connectivity index (χ4n) is 2.50. The monoisotopic (exact) mass is 304 g/mol. The highest BCUT2D eigenvalue weighted by Crippen LogP contribution is 2.31. The molecule has 0 saturated heterocycles. The van der Waals surface area contributed by atoms with Gasteiger partial charge in [-0.1, -0.05) is 25.1 Å². The number of hydrogen-bond donors (Lipinski definition) is 3. The Morgan fingerprint density at radius 3 is 2.68 bits per heavy atom. The fraction of sp³-hybridized carbons (Fsp3) is 0.500. The number of nitrogens with zero attached hydrogens (tertiary/aromatic N) is 4. The lowest BCUT2D eigenvalue weighted by molar-refractivity contribution is -0.143. The van der Waals surface area contributed by atoms with Crippen molar-refractivity contribution in [1.82, 2.24) is 25.6 Å². The Kier molecular flexibility index (Phi) is 5.03. The van der Waals surface area contributed by atoms with Crippen molar-refractivity contribution in [1.29, 1.82) is 0 Å². The number of aromatic nitrogens is 5. The lowest BCUT2D eigenvalue weighted by Crippen LogP contribution is -2.26. The van der Waals surface area contributed by atoms with Gasteiger partial charge in [0.1, 0.15) is 5.82 Å². The maximum Gasteiger partial charge on any atom is 0.307 e. The van der Waals surface area contributed by atoms with E-state index >= 15 is 0 Å². The van der Waals surface area contributed by atoms with Crippen LogP contribution in [0.1, 0.15) is 37.6 Å². The standard InChI is InChI=1S/C14H20N6O2/c1-8(2)5-11(14(21)22)10(13-17-19-20-18-13)6-9-3-4-12(15)16-7-9/h3-4,7-8,10-11H,5-6H2,1-2H3,(H2,15,16)(H,21,22)(H,17,18,19,20)/t10-,11?/m0/s1. The molecular weight excluding hydrogens is 284 g/mol. The van der Waals surface area contributed by atoms with E-state index in [4.69, 9.17) is 5.73 Å². The summed E-state index contributed by atoms with van der Waals surface area (Å²) in [6.07, 6.45) is 2.66. The molecule has 2 aromatic rings. The molecule has 0 fully saturated rings. The smallest absolute Gasteiger partial charge is 0.307 e. The van der Waals surface area contributed by atoms with E-state index < -0.39 is 11.9 Å². The van der Waals surface area contributed by atoms with Crippen molar-refractivity contribution < 1.29 is 9.90 Å². The zero-order valence-corrected chi connectivity index (χ0v) is 12.6. The number of nitrogens with one attached hydrogen (secondary N) is 1. The molecule has 0 aliphatic heterocycles. The average Bonchev–Trinajstić information content (AvgIpc) is 2.98. The van der Waals surface area contributed by atoms with E-state index in [0.29, 0.717) is 24.5 Å². The number of pyridine rings is 1. The summed E-state index contributed by atoms with van der Waals surface area (Å²) in [5.74, 6) is -0.729. The van der Waals surface area contributed by atoms with Crippen molar-refractivity contribution in [3.8, 4) is 0 Å². The first-order valence-electron chi connectivity index (χ1n) is 7.14. The first-order valence-corrected chi connectivity index (χ1v) is 7.14. The molecular formula is C14H20N6O2. The van der Waals surface area contributed by atoms with Crippen molar-refractivity contribution in [2.24, 2.45) is 11.8 Å². The van der Waals surface area contributed by atoms with Gasteiger partial charge in [0.15, 0.2) is 5.82 Å². The van der Waals surface area contributed by atoms with E-state index in [0.717, 1.165) is 5.56 Å². The van der Waals surface area contributed by atoms with Crippen LogP contribution in [0, 0.1) is 11.8 Å². The molecule has 0 aliphatic rings. The van der Waals surface area contributed by atoms with Crippen LogP contribution in [0.2, 0.25) is 0 Å². The van der Waals surface area contributed by atoms with Gasteiger partial charge in [0.2, 0.25) is 0 Å². The minimum atomic E-state index is -0.855. The summed E-state index contributed by atoms with van der Waals surface area (Å²) >= 11 is 0. The number of nitrogen functional groups attached to an aromatic ring is 1. The van der Waals surface area contributed by atoms with Crippen LogP contribution in [0.4, 0.5) is 5.82 Å². The van der Waals surface area contributed by atoms with E-state index in [-0.39, 0.29) is 11.8 Å². The van der Waals surface area contributed by atoms with E-state index in [2.05, 4.69) is 25.6 Å². The van der Waals surface area contributed by atoms with Gasteiger partial charge in [-0.15, -0.1) is 10.2 Å². The van der Waals surface area contributed by atoms with Gasteiger partial charge in [0.25, 0.3) is 0 Å². The second-order valence-corrected chi connectivity index (χ2v) is 5.75. The number of tetrazole rings is 1. The number of aromatic amines is 1. The summed E-state index contributed by atoms with van der Waals surface area (Å²) in [5.41, 5.74) is 6.47. The summed E-state index contributed by atoms with van der Waals surface area (Å²) in [5, 5.41) is 23.5. The highest BCUT2D eigenvalue weighted by Gasteiger charge is 2.33. The molecule has 0 aromatic carbocycles. The number of H-pyrrole nitrogens is 1. The fourth-order valence-corrected chi connectivity index (χ4v) is 2.50. The van der Waals surface area contributed by atoms with Crippen molar-refractivity contribution in [3.63, 3.8) is 0 Å². The summed E-state index contributed by atoms with van der Waals surface area (Å²) < 4.78 is 0. The van der Waals surface area contributed by atoms with Crippen LogP contribution in [0.15, 0.2) is 18.3 Å². The van der Waals surface area contributed by atoms with Gasteiger partial charge in [-0.3, -0.25) is 4.79 Å². The molecule has 8 nitrogen and oxygen atoms in total. The molecule has 22 heavy (non-hydrogen) atoms. The summed E-state index contributed by atoms with van der Waals surface area (Å²) in [6.45, 7) is 3.99. The van der Waals surface area contributed by atoms with Gasteiger partial charge in [-0.05, 0) is 30.4 Å². The Morgan fingerprint density at radius 2 is 2.18 bits per heavy atom. The molecule has 2 rings (SSSR count). The number of nitrogens with two attached hydrogens (primary N) is 1. The maximum absolute atomic E-state index is 11.7. The third-order valence-corrected chi connectivity index (χ3v) is 3.52. The number of aliphatic carboxylic acids is 1. The SMILES string of the molecule is CC(C)CC(C(=O)O)[C@H](Cc1ccc(N)nc1)c1nn[nH]n1. The molecule has 118 valence electrons. The Labute approximate surface area is 128 Å². The molecule has 0 radical (unpaired) electrons. The Bertz CT molecular complexity index is 596. The van der Waals surface area contributed by atoms with Crippen molar-refractivity contribution in [2.45, 2.75) is 32.6 Å². The lowest BCUT2D eigenvalue weighted by Gasteiger charge is -2.22. The topological polar surface area (TPSA) is 131 Å². The predicted molar refractivity (Wildman–Crippen MR) is 79.9 cm³/mol. The Morgan fingerprint density at radius 1 is 1.41 bits per heavy atom. The van der Waals surface area contributed by atoms with Gasteiger partial charge in [-0.2, -0.15) is 5.21 Å². The van der Waals surface area contributed by atoms with Crippen molar-refractivity contribution in [3.05, 3.63) is 29.7 Å². The maximum atomic E-state index is 11.7.